The van der Waals surface area contributed by atoms with Crippen LogP contribution in [0.2, 0.25) is 0 Å². The standard InChI is InChI=1S/C12H8BrN/c13-11-5-4-9-2-1-3-10(6-7-14)12(9)8-11/h1-5,8H,6H2. The molecule has 0 unspecified atom stereocenters. The Morgan fingerprint density at radius 2 is 2.07 bits per heavy atom. The highest BCUT2D eigenvalue weighted by atomic mass is 79.9. The van der Waals surface area contributed by atoms with Crippen molar-refractivity contribution in [2.24, 2.45) is 0 Å². The third kappa shape index (κ3) is 1.64. The Bertz CT molecular complexity index is 511. The third-order valence-electron chi connectivity index (χ3n) is 2.20. The van der Waals surface area contributed by atoms with Gasteiger partial charge in [0.25, 0.3) is 0 Å². The summed E-state index contributed by atoms with van der Waals surface area (Å²) in [5.74, 6) is 0. The average molecular weight is 246 g/mol. The molecule has 0 N–H and O–H groups in total. The quantitative estimate of drug-likeness (QED) is 0.753. The number of nitriles is 1. The molecule has 2 aromatic carbocycles. The summed E-state index contributed by atoms with van der Waals surface area (Å²) in [6.45, 7) is 0. The molecule has 0 fully saturated rings. The normalized spacial score (nSPS) is 10.0. The van der Waals surface area contributed by atoms with Crippen LogP contribution in [0.3, 0.4) is 0 Å². The Balaban J connectivity index is 2.72. The Morgan fingerprint density at radius 3 is 2.86 bits per heavy atom. The van der Waals surface area contributed by atoms with Gasteiger partial charge in [0.05, 0.1) is 12.5 Å². The first-order chi connectivity index (χ1) is 6.81. The summed E-state index contributed by atoms with van der Waals surface area (Å²) in [5, 5.41) is 11.0. The van der Waals surface area contributed by atoms with E-state index in [-0.39, 0.29) is 0 Å². The van der Waals surface area contributed by atoms with Crippen molar-refractivity contribution in [3.05, 3.63) is 46.4 Å². The van der Waals surface area contributed by atoms with Crippen molar-refractivity contribution >= 4 is 26.7 Å². The average Bonchev–Trinajstić information content (AvgIpc) is 2.19. The van der Waals surface area contributed by atoms with Gasteiger partial charge < -0.3 is 0 Å². The molecule has 0 aliphatic heterocycles. The molecule has 0 aliphatic rings. The van der Waals surface area contributed by atoms with Gasteiger partial charge in [0, 0.05) is 4.47 Å². The van der Waals surface area contributed by atoms with Crippen molar-refractivity contribution in [1.29, 1.82) is 5.26 Å². The van der Waals surface area contributed by atoms with E-state index in [1.165, 1.54) is 5.39 Å². The molecule has 0 amide bonds. The van der Waals surface area contributed by atoms with Crippen molar-refractivity contribution in [1.82, 2.24) is 0 Å². The molecule has 0 spiro atoms. The smallest absolute Gasteiger partial charge is 0.0669 e. The zero-order chi connectivity index (χ0) is 9.97. The van der Waals surface area contributed by atoms with E-state index in [1.807, 2.05) is 18.2 Å². The van der Waals surface area contributed by atoms with Crippen LogP contribution in [0.15, 0.2) is 40.9 Å². The minimum absolute atomic E-state index is 0.466. The van der Waals surface area contributed by atoms with E-state index < -0.39 is 0 Å². The van der Waals surface area contributed by atoms with E-state index >= 15 is 0 Å². The van der Waals surface area contributed by atoms with Crippen LogP contribution in [0.25, 0.3) is 10.8 Å². The zero-order valence-corrected chi connectivity index (χ0v) is 9.08. The fraction of sp³-hybridized carbons (Fsp3) is 0.0833. The summed E-state index contributed by atoms with van der Waals surface area (Å²) >= 11 is 3.43. The Hall–Kier alpha value is -1.33. The maximum Gasteiger partial charge on any atom is 0.0669 e. The number of rotatable bonds is 1. The Kier molecular flexibility index (Phi) is 2.51. The maximum atomic E-state index is 8.69. The van der Waals surface area contributed by atoms with Crippen molar-refractivity contribution in [2.75, 3.05) is 0 Å². The van der Waals surface area contributed by atoms with Gasteiger partial charge in [0.15, 0.2) is 0 Å². The van der Waals surface area contributed by atoms with E-state index in [9.17, 15) is 0 Å². The van der Waals surface area contributed by atoms with Crippen LogP contribution in [0.4, 0.5) is 0 Å². The molecular formula is C12H8BrN. The lowest BCUT2D eigenvalue weighted by Gasteiger charge is -2.03. The SMILES string of the molecule is N#CCc1cccc2ccc(Br)cc12. The summed E-state index contributed by atoms with van der Waals surface area (Å²) in [6, 6.07) is 14.4. The highest BCUT2D eigenvalue weighted by Gasteiger charge is 2.00. The van der Waals surface area contributed by atoms with Gasteiger partial charge >= 0.3 is 0 Å². The molecule has 0 bridgehead atoms. The maximum absolute atomic E-state index is 8.69. The summed E-state index contributed by atoms with van der Waals surface area (Å²) in [6.07, 6.45) is 0.466. The molecule has 0 atom stereocenters. The van der Waals surface area contributed by atoms with Crippen LogP contribution in [0, 0.1) is 11.3 Å². The number of hydrogen-bond donors (Lipinski definition) is 0. The molecule has 0 heterocycles. The lowest BCUT2D eigenvalue weighted by atomic mass is 10.0. The Labute approximate surface area is 91.1 Å². The lowest BCUT2D eigenvalue weighted by Crippen LogP contribution is -1.84. The molecule has 0 aromatic heterocycles. The minimum Gasteiger partial charge on any atom is -0.198 e. The second kappa shape index (κ2) is 3.81. The van der Waals surface area contributed by atoms with Gasteiger partial charge in [-0.3, -0.25) is 0 Å². The van der Waals surface area contributed by atoms with Gasteiger partial charge in [0.2, 0.25) is 0 Å². The van der Waals surface area contributed by atoms with E-state index in [0.717, 1.165) is 15.4 Å². The van der Waals surface area contributed by atoms with Gasteiger partial charge in [-0.1, -0.05) is 40.2 Å². The second-order valence-electron chi connectivity index (χ2n) is 3.12. The topological polar surface area (TPSA) is 23.8 Å². The largest absolute Gasteiger partial charge is 0.198 e. The van der Waals surface area contributed by atoms with Gasteiger partial charge in [-0.05, 0) is 28.5 Å². The van der Waals surface area contributed by atoms with Crippen molar-refractivity contribution in [2.45, 2.75) is 6.42 Å². The highest BCUT2D eigenvalue weighted by molar-refractivity contribution is 9.10. The molecular weight excluding hydrogens is 238 g/mol. The zero-order valence-electron chi connectivity index (χ0n) is 7.50. The first-order valence-electron chi connectivity index (χ1n) is 4.35. The van der Waals surface area contributed by atoms with E-state index in [0.29, 0.717) is 6.42 Å². The monoisotopic (exact) mass is 245 g/mol. The van der Waals surface area contributed by atoms with Crippen LogP contribution >= 0.6 is 15.9 Å². The van der Waals surface area contributed by atoms with Gasteiger partial charge in [0.1, 0.15) is 0 Å². The molecule has 0 saturated carbocycles. The van der Waals surface area contributed by atoms with E-state index in [1.54, 1.807) is 0 Å². The number of fused-ring (bicyclic) bond motifs is 1. The van der Waals surface area contributed by atoms with Crippen LogP contribution < -0.4 is 0 Å². The number of benzene rings is 2. The van der Waals surface area contributed by atoms with Crippen LogP contribution in [-0.4, -0.2) is 0 Å². The molecule has 2 rings (SSSR count). The summed E-state index contributed by atoms with van der Waals surface area (Å²) in [5.41, 5.74) is 1.09. The molecule has 0 saturated heterocycles. The second-order valence-corrected chi connectivity index (χ2v) is 4.03. The first-order valence-corrected chi connectivity index (χ1v) is 5.14. The highest BCUT2D eigenvalue weighted by Crippen LogP contribution is 2.23. The molecule has 2 heteroatoms. The predicted octanol–water partition coefficient (Wildman–Crippen LogP) is 3.67. The third-order valence-corrected chi connectivity index (χ3v) is 2.70. The van der Waals surface area contributed by atoms with Crippen molar-refractivity contribution in [3.8, 4) is 6.07 Å². The Morgan fingerprint density at radius 1 is 1.21 bits per heavy atom. The van der Waals surface area contributed by atoms with Crippen molar-refractivity contribution in [3.63, 3.8) is 0 Å². The molecule has 0 radical (unpaired) electrons. The molecule has 0 aliphatic carbocycles. The predicted molar refractivity (Wildman–Crippen MR) is 61.0 cm³/mol. The number of halogens is 1. The summed E-state index contributed by atoms with van der Waals surface area (Å²) in [7, 11) is 0. The summed E-state index contributed by atoms with van der Waals surface area (Å²) < 4.78 is 1.05. The van der Waals surface area contributed by atoms with Gasteiger partial charge in [-0.15, -0.1) is 0 Å². The fourth-order valence-corrected chi connectivity index (χ4v) is 1.91. The number of hydrogen-bond acceptors (Lipinski definition) is 1. The van der Waals surface area contributed by atoms with Crippen LogP contribution in [0.1, 0.15) is 5.56 Å². The van der Waals surface area contributed by atoms with Gasteiger partial charge in [-0.25, -0.2) is 0 Å². The molecule has 14 heavy (non-hydrogen) atoms. The molecule has 1 nitrogen and oxygen atoms in total. The van der Waals surface area contributed by atoms with Crippen LogP contribution in [-0.2, 0) is 6.42 Å². The van der Waals surface area contributed by atoms with Gasteiger partial charge in [-0.2, -0.15) is 5.26 Å². The summed E-state index contributed by atoms with van der Waals surface area (Å²) in [4.78, 5) is 0. The van der Waals surface area contributed by atoms with E-state index in [4.69, 9.17) is 5.26 Å². The molecule has 2 aromatic rings. The van der Waals surface area contributed by atoms with E-state index in [2.05, 4.69) is 40.2 Å². The molecule has 68 valence electrons. The first kappa shape index (κ1) is 9.23. The van der Waals surface area contributed by atoms with Crippen LogP contribution in [0.5, 0.6) is 0 Å². The number of nitrogens with zero attached hydrogens (tertiary/aromatic N) is 1. The van der Waals surface area contributed by atoms with Crippen molar-refractivity contribution < 1.29 is 0 Å². The lowest BCUT2D eigenvalue weighted by molar-refractivity contribution is 1.29. The fourth-order valence-electron chi connectivity index (χ4n) is 1.55. The minimum atomic E-state index is 0.466.